The number of rotatable bonds is 6. The first kappa shape index (κ1) is 21.3. The molecule has 0 aliphatic carbocycles. The summed E-state index contributed by atoms with van der Waals surface area (Å²) in [7, 11) is 0. The van der Waals surface area contributed by atoms with Gasteiger partial charge in [-0.05, 0) is 72.9 Å². The molecule has 0 spiro atoms. The van der Waals surface area contributed by atoms with E-state index in [1.165, 1.54) is 12.1 Å². The number of carbonyl (C=O) groups is 2. The van der Waals surface area contributed by atoms with Crippen LogP contribution in [0.4, 0.5) is 4.39 Å². The van der Waals surface area contributed by atoms with Crippen molar-refractivity contribution < 1.29 is 18.7 Å². The fraction of sp³-hybridized carbons (Fsp3) is 0.231. The van der Waals surface area contributed by atoms with E-state index in [-0.39, 0.29) is 28.7 Å². The molecule has 158 valence electrons. The van der Waals surface area contributed by atoms with Crippen molar-refractivity contribution in [1.29, 1.82) is 0 Å². The Hall–Kier alpha value is -2.92. The predicted molar refractivity (Wildman–Crippen MR) is 121 cm³/mol. The molecule has 3 nitrogen and oxygen atoms in total. The van der Waals surface area contributed by atoms with E-state index in [2.05, 4.69) is 0 Å². The lowest BCUT2D eigenvalue weighted by molar-refractivity contribution is -0.119. The molecule has 4 rings (SSSR count). The number of carbonyl (C=O) groups excluding carboxylic acids is 2. The van der Waals surface area contributed by atoms with Crippen molar-refractivity contribution in [2.45, 2.75) is 25.0 Å². The van der Waals surface area contributed by atoms with Crippen LogP contribution in [0.1, 0.15) is 38.7 Å². The van der Waals surface area contributed by atoms with Crippen molar-refractivity contribution in [3.8, 4) is 5.75 Å². The maximum absolute atomic E-state index is 13.3. The Balaban J connectivity index is 1.42. The summed E-state index contributed by atoms with van der Waals surface area (Å²) in [5.41, 5.74) is 3.61. The molecule has 31 heavy (non-hydrogen) atoms. The Kier molecular flexibility index (Phi) is 6.52. The van der Waals surface area contributed by atoms with E-state index < -0.39 is 0 Å². The fourth-order valence-electron chi connectivity index (χ4n) is 3.93. The van der Waals surface area contributed by atoms with Gasteiger partial charge in [0.25, 0.3) is 0 Å². The van der Waals surface area contributed by atoms with E-state index in [1.54, 1.807) is 42.1 Å². The molecular formula is C26H23FO3S. The maximum Gasteiger partial charge on any atom is 0.343 e. The van der Waals surface area contributed by atoms with Crippen LogP contribution in [0.15, 0.2) is 72.8 Å². The second-order valence-electron chi connectivity index (χ2n) is 7.74. The van der Waals surface area contributed by atoms with Gasteiger partial charge in [-0.25, -0.2) is 9.18 Å². The molecule has 3 aromatic rings. The fourth-order valence-corrected chi connectivity index (χ4v) is 5.35. The minimum Gasteiger partial charge on any atom is -0.423 e. The van der Waals surface area contributed by atoms with E-state index in [0.717, 1.165) is 29.5 Å². The molecule has 5 heteroatoms. The largest absolute Gasteiger partial charge is 0.423 e. The molecule has 1 aliphatic heterocycles. The molecule has 0 saturated carbocycles. The van der Waals surface area contributed by atoms with Gasteiger partial charge < -0.3 is 4.74 Å². The Morgan fingerprint density at radius 1 is 1.06 bits per heavy atom. The highest BCUT2D eigenvalue weighted by Crippen LogP contribution is 2.44. The number of ketones is 1. The van der Waals surface area contributed by atoms with Crippen LogP contribution in [0.3, 0.4) is 0 Å². The minimum atomic E-state index is -0.389. The SMILES string of the molecule is Cc1cc(C(=O)Oc2ccccc2)ccc1CCC1C(=O)CSC1c1ccc(F)cc1. The zero-order valence-electron chi connectivity index (χ0n) is 17.2. The van der Waals surface area contributed by atoms with Gasteiger partial charge in [-0.1, -0.05) is 36.4 Å². The molecule has 0 radical (unpaired) electrons. The van der Waals surface area contributed by atoms with Crippen molar-refractivity contribution in [2.24, 2.45) is 5.92 Å². The third-order valence-corrected chi connectivity index (χ3v) is 7.05. The summed E-state index contributed by atoms with van der Waals surface area (Å²) in [6.07, 6.45) is 1.47. The number of hydrogen-bond acceptors (Lipinski definition) is 4. The van der Waals surface area contributed by atoms with Crippen LogP contribution < -0.4 is 4.74 Å². The summed E-state index contributed by atoms with van der Waals surface area (Å²) in [6.45, 7) is 1.97. The molecule has 2 unspecified atom stereocenters. The van der Waals surface area contributed by atoms with Gasteiger partial charge >= 0.3 is 5.97 Å². The van der Waals surface area contributed by atoms with Gasteiger partial charge in [-0.15, -0.1) is 11.8 Å². The lowest BCUT2D eigenvalue weighted by Crippen LogP contribution is -2.15. The number of esters is 1. The topological polar surface area (TPSA) is 43.4 Å². The maximum atomic E-state index is 13.3. The molecule has 1 saturated heterocycles. The number of benzene rings is 3. The van der Waals surface area contributed by atoms with Gasteiger partial charge in [0.05, 0.1) is 11.3 Å². The minimum absolute atomic E-state index is 0.0635. The number of Topliss-reactive ketones (excluding diaryl/α,β-unsaturated/α-hetero) is 1. The van der Waals surface area contributed by atoms with Crippen LogP contribution in [0, 0.1) is 18.7 Å². The average Bonchev–Trinajstić information content (AvgIpc) is 3.14. The summed E-state index contributed by atoms with van der Waals surface area (Å²) in [4.78, 5) is 24.9. The van der Waals surface area contributed by atoms with E-state index >= 15 is 0 Å². The van der Waals surface area contributed by atoms with Crippen LogP contribution in [0.5, 0.6) is 5.75 Å². The van der Waals surface area contributed by atoms with E-state index in [4.69, 9.17) is 4.74 Å². The number of halogens is 1. The summed E-state index contributed by atoms with van der Waals surface area (Å²) >= 11 is 1.63. The third-order valence-electron chi connectivity index (χ3n) is 5.64. The lowest BCUT2D eigenvalue weighted by atomic mass is 9.89. The first-order valence-corrected chi connectivity index (χ1v) is 11.3. The van der Waals surface area contributed by atoms with Crippen molar-refractivity contribution >= 4 is 23.5 Å². The lowest BCUT2D eigenvalue weighted by Gasteiger charge is -2.18. The van der Waals surface area contributed by atoms with Crippen molar-refractivity contribution in [2.75, 3.05) is 5.75 Å². The molecule has 2 atom stereocenters. The molecule has 0 bridgehead atoms. The Labute approximate surface area is 185 Å². The van der Waals surface area contributed by atoms with Gasteiger partial charge in [-0.3, -0.25) is 4.79 Å². The van der Waals surface area contributed by atoms with E-state index in [1.807, 2.05) is 37.3 Å². The Bertz CT molecular complexity index is 1080. The molecule has 0 amide bonds. The second-order valence-corrected chi connectivity index (χ2v) is 8.87. The van der Waals surface area contributed by atoms with Gasteiger partial charge in [-0.2, -0.15) is 0 Å². The first-order chi connectivity index (χ1) is 15.0. The zero-order chi connectivity index (χ0) is 21.8. The summed E-state index contributed by atoms with van der Waals surface area (Å²) in [6, 6.07) is 21.0. The van der Waals surface area contributed by atoms with Gasteiger partial charge in [0, 0.05) is 11.2 Å². The van der Waals surface area contributed by atoms with Crippen LogP contribution in [-0.2, 0) is 11.2 Å². The highest BCUT2D eigenvalue weighted by Gasteiger charge is 2.35. The van der Waals surface area contributed by atoms with Crippen molar-refractivity contribution in [3.05, 3.63) is 101 Å². The molecular weight excluding hydrogens is 411 g/mol. The van der Waals surface area contributed by atoms with Crippen LogP contribution in [0.2, 0.25) is 0 Å². The van der Waals surface area contributed by atoms with Gasteiger partial charge in [0.15, 0.2) is 0 Å². The number of aryl methyl sites for hydroxylation is 2. The summed E-state index contributed by atoms with van der Waals surface area (Å²) < 4.78 is 18.7. The Morgan fingerprint density at radius 2 is 1.81 bits per heavy atom. The second kappa shape index (κ2) is 9.48. The van der Waals surface area contributed by atoms with Crippen molar-refractivity contribution in [1.82, 2.24) is 0 Å². The monoisotopic (exact) mass is 434 g/mol. The van der Waals surface area contributed by atoms with Gasteiger partial charge in [0.2, 0.25) is 0 Å². The molecule has 1 heterocycles. The molecule has 1 fully saturated rings. The average molecular weight is 435 g/mol. The summed E-state index contributed by atoms with van der Waals surface area (Å²) in [5.74, 6) is 0.516. The van der Waals surface area contributed by atoms with Crippen molar-refractivity contribution in [3.63, 3.8) is 0 Å². The molecule has 0 N–H and O–H groups in total. The number of ether oxygens (including phenoxy) is 1. The number of thioether (sulfide) groups is 1. The third kappa shape index (κ3) is 5.05. The Morgan fingerprint density at radius 3 is 2.52 bits per heavy atom. The smallest absolute Gasteiger partial charge is 0.343 e. The normalized spacial score (nSPS) is 18.2. The first-order valence-electron chi connectivity index (χ1n) is 10.3. The highest BCUT2D eigenvalue weighted by molar-refractivity contribution is 8.00. The molecule has 3 aromatic carbocycles. The highest BCUT2D eigenvalue weighted by atomic mass is 32.2. The number of hydrogen-bond donors (Lipinski definition) is 0. The van der Waals surface area contributed by atoms with Crippen LogP contribution in [0.25, 0.3) is 0 Å². The zero-order valence-corrected chi connectivity index (χ0v) is 18.0. The van der Waals surface area contributed by atoms with E-state index in [0.29, 0.717) is 17.1 Å². The molecule has 1 aliphatic rings. The summed E-state index contributed by atoms with van der Waals surface area (Å²) in [5, 5.41) is 0.0635. The predicted octanol–water partition coefficient (Wildman–Crippen LogP) is 5.96. The standard InChI is InChI=1S/C26H23FO3S/c1-17-15-20(26(29)30-22-5-3-2-4-6-22)8-7-18(17)11-14-23-24(28)16-31-25(23)19-9-12-21(27)13-10-19/h2-10,12-13,15,23,25H,11,14,16H2,1H3. The molecule has 0 aromatic heterocycles. The van der Waals surface area contributed by atoms with Crippen LogP contribution >= 0.6 is 11.8 Å². The van der Waals surface area contributed by atoms with E-state index in [9.17, 15) is 14.0 Å². The van der Waals surface area contributed by atoms with Crippen LogP contribution in [-0.4, -0.2) is 17.5 Å². The number of para-hydroxylation sites is 1. The van der Waals surface area contributed by atoms with Gasteiger partial charge in [0.1, 0.15) is 17.3 Å². The quantitative estimate of drug-likeness (QED) is 0.355.